The van der Waals surface area contributed by atoms with Gasteiger partial charge >= 0.3 is 0 Å². The predicted molar refractivity (Wildman–Crippen MR) is 76.3 cm³/mol. The number of aliphatic hydroxyl groups excluding tert-OH is 1. The lowest BCUT2D eigenvalue weighted by Gasteiger charge is -2.22. The number of rotatable bonds is 7. The van der Waals surface area contributed by atoms with Crippen molar-refractivity contribution in [3.63, 3.8) is 0 Å². The highest BCUT2D eigenvalue weighted by atomic mass is 79.9. The van der Waals surface area contributed by atoms with E-state index in [9.17, 15) is 13.9 Å². The van der Waals surface area contributed by atoms with Crippen LogP contribution in [-0.2, 0) is 0 Å². The molecule has 0 aliphatic heterocycles. The third kappa shape index (κ3) is 5.04. The Hall–Kier alpha value is -0.720. The van der Waals surface area contributed by atoms with Gasteiger partial charge in [-0.05, 0) is 35.1 Å². The van der Waals surface area contributed by atoms with E-state index in [-0.39, 0.29) is 12.2 Å². The normalized spacial score (nSPS) is 12.8. The number of benzene rings is 1. The van der Waals surface area contributed by atoms with Crippen molar-refractivity contribution in [1.29, 1.82) is 0 Å². The Balaban J connectivity index is 2.57. The second-order valence-corrected chi connectivity index (χ2v) is 5.12. The standard InChI is InChI=1S/C13H19BrF2N2O/c1-3-18(4-2)8-10(19)7-17-13-11(14)5-9(15)6-12(13)16/h5-6,10,17,19H,3-4,7-8H2,1-2H3. The second kappa shape index (κ2) is 7.77. The summed E-state index contributed by atoms with van der Waals surface area (Å²) in [5.74, 6) is -1.32. The Morgan fingerprint density at radius 2 is 1.95 bits per heavy atom. The fourth-order valence-electron chi connectivity index (χ4n) is 1.78. The first-order valence-electron chi connectivity index (χ1n) is 6.26. The highest BCUT2D eigenvalue weighted by molar-refractivity contribution is 9.10. The summed E-state index contributed by atoms with van der Waals surface area (Å²) in [7, 11) is 0. The van der Waals surface area contributed by atoms with E-state index in [4.69, 9.17) is 0 Å². The SMILES string of the molecule is CCN(CC)CC(O)CNc1c(F)cc(F)cc1Br. The second-order valence-electron chi connectivity index (χ2n) is 4.27. The van der Waals surface area contributed by atoms with E-state index in [0.29, 0.717) is 11.0 Å². The van der Waals surface area contributed by atoms with Crippen LogP contribution in [0.1, 0.15) is 13.8 Å². The summed E-state index contributed by atoms with van der Waals surface area (Å²) >= 11 is 3.09. The smallest absolute Gasteiger partial charge is 0.150 e. The van der Waals surface area contributed by atoms with E-state index in [1.165, 1.54) is 6.07 Å². The van der Waals surface area contributed by atoms with Gasteiger partial charge in [-0.15, -0.1) is 0 Å². The van der Waals surface area contributed by atoms with Gasteiger partial charge in [0.05, 0.1) is 11.8 Å². The van der Waals surface area contributed by atoms with E-state index in [1.807, 2.05) is 13.8 Å². The average Bonchev–Trinajstić information content (AvgIpc) is 2.34. The molecule has 0 heterocycles. The molecule has 6 heteroatoms. The number of anilines is 1. The van der Waals surface area contributed by atoms with Gasteiger partial charge in [-0.3, -0.25) is 0 Å². The molecule has 0 saturated heterocycles. The van der Waals surface area contributed by atoms with Crippen LogP contribution in [0.5, 0.6) is 0 Å². The molecule has 1 aromatic rings. The highest BCUT2D eigenvalue weighted by Crippen LogP contribution is 2.26. The lowest BCUT2D eigenvalue weighted by atomic mass is 10.2. The van der Waals surface area contributed by atoms with Crippen LogP contribution < -0.4 is 5.32 Å². The Morgan fingerprint density at radius 3 is 2.47 bits per heavy atom. The number of nitrogens with zero attached hydrogens (tertiary/aromatic N) is 1. The van der Waals surface area contributed by atoms with E-state index >= 15 is 0 Å². The van der Waals surface area contributed by atoms with Crippen LogP contribution in [-0.4, -0.2) is 42.3 Å². The van der Waals surface area contributed by atoms with Crippen LogP contribution in [0, 0.1) is 11.6 Å². The summed E-state index contributed by atoms with van der Waals surface area (Å²) in [5.41, 5.74) is 0.167. The van der Waals surface area contributed by atoms with Crippen LogP contribution >= 0.6 is 15.9 Å². The van der Waals surface area contributed by atoms with Gasteiger partial charge in [0.25, 0.3) is 0 Å². The van der Waals surface area contributed by atoms with Crippen molar-refractivity contribution < 1.29 is 13.9 Å². The zero-order valence-electron chi connectivity index (χ0n) is 11.1. The highest BCUT2D eigenvalue weighted by Gasteiger charge is 2.13. The third-order valence-corrected chi connectivity index (χ3v) is 3.51. The molecule has 1 unspecified atom stereocenters. The first-order valence-corrected chi connectivity index (χ1v) is 7.06. The van der Waals surface area contributed by atoms with Gasteiger partial charge in [-0.2, -0.15) is 0 Å². The Labute approximate surface area is 120 Å². The topological polar surface area (TPSA) is 35.5 Å². The van der Waals surface area contributed by atoms with Gasteiger partial charge in [0.15, 0.2) is 0 Å². The van der Waals surface area contributed by atoms with Crippen molar-refractivity contribution in [3.8, 4) is 0 Å². The van der Waals surface area contributed by atoms with Gasteiger partial charge < -0.3 is 15.3 Å². The summed E-state index contributed by atoms with van der Waals surface area (Å²) in [4.78, 5) is 2.07. The van der Waals surface area contributed by atoms with Crippen LogP contribution in [0.25, 0.3) is 0 Å². The van der Waals surface area contributed by atoms with Crippen LogP contribution in [0.3, 0.4) is 0 Å². The van der Waals surface area contributed by atoms with Gasteiger partial charge in [0.1, 0.15) is 11.6 Å². The number of hydrogen-bond acceptors (Lipinski definition) is 3. The molecule has 0 aromatic heterocycles. The van der Waals surface area contributed by atoms with Crippen molar-refractivity contribution in [2.75, 3.05) is 31.5 Å². The van der Waals surface area contributed by atoms with Crippen molar-refractivity contribution in [1.82, 2.24) is 4.90 Å². The summed E-state index contributed by atoms with van der Waals surface area (Å²) < 4.78 is 26.8. The molecule has 0 aliphatic rings. The van der Waals surface area contributed by atoms with Crippen molar-refractivity contribution in [2.45, 2.75) is 20.0 Å². The fraction of sp³-hybridized carbons (Fsp3) is 0.538. The maximum atomic E-state index is 13.5. The zero-order valence-corrected chi connectivity index (χ0v) is 12.7. The molecule has 108 valence electrons. The molecule has 0 amide bonds. The molecule has 1 rings (SSSR count). The Kier molecular flexibility index (Phi) is 6.68. The minimum absolute atomic E-state index is 0.167. The first kappa shape index (κ1) is 16.3. The third-order valence-electron chi connectivity index (χ3n) is 2.88. The molecular weight excluding hydrogens is 318 g/mol. The number of nitrogens with one attached hydrogen (secondary N) is 1. The van der Waals surface area contributed by atoms with Crippen molar-refractivity contribution in [2.24, 2.45) is 0 Å². The molecular formula is C13H19BrF2N2O. The maximum absolute atomic E-state index is 13.5. The van der Waals surface area contributed by atoms with Crippen molar-refractivity contribution in [3.05, 3.63) is 28.2 Å². The van der Waals surface area contributed by atoms with Crippen molar-refractivity contribution >= 4 is 21.6 Å². The molecule has 3 nitrogen and oxygen atoms in total. The van der Waals surface area contributed by atoms with E-state index in [2.05, 4.69) is 26.1 Å². The molecule has 1 aromatic carbocycles. The van der Waals surface area contributed by atoms with Gasteiger partial charge in [-0.25, -0.2) is 8.78 Å². The fourth-order valence-corrected chi connectivity index (χ4v) is 2.32. The molecule has 2 N–H and O–H groups in total. The number of hydrogen-bond donors (Lipinski definition) is 2. The van der Waals surface area contributed by atoms with E-state index < -0.39 is 17.7 Å². The largest absolute Gasteiger partial charge is 0.390 e. The lowest BCUT2D eigenvalue weighted by molar-refractivity contribution is 0.128. The monoisotopic (exact) mass is 336 g/mol. The first-order chi connectivity index (χ1) is 8.97. The zero-order chi connectivity index (χ0) is 14.4. The molecule has 0 radical (unpaired) electrons. The van der Waals surface area contributed by atoms with E-state index in [1.54, 1.807) is 0 Å². The quantitative estimate of drug-likeness (QED) is 0.803. The minimum atomic E-state index is -0.679. The average molecular weight is 337 g/mol. The number of aliphatic hydroxyl groups is 1. The molecule has 19 heavy (non-hydrogen) atoms. The summed E-state index contributed by atoms with van der Waals surface area (Å²) in [5, 5.41) is 12.7. The summed E-state index contributed by atoms with van der Waals surface area (Å²) in [6, 6.07) is 1.99. The predicted octanol–water partition coefficient (Wildman–Crippen LogP) is 2.84. The van der Waals surface area contributed by atoms with Gasteiger partial charge in [0.2, 0.25) is 0 Å². The van der Waals surface area contributed by atoms with Gasteiger partial charge in [0, 0.05) is 23.6 Å². The van der Waals surface area contributed by atoms with Gasteiger partial charge in [-0.1, -0.05) is 13.8 Å². The lowest BCUT2D eigenvalue weighted by Crippen LogP contribution is -2.36. The Bertz CT molecular complexity index is 391. The molecule has 1 atom stereocenters. The summed E-state index contributed by atoms with van der Waals surface area (Å²) in [6.07, 6.45) is -0.615. The van der Waals surface area contributed by atoms with Crippen LogP contribution in [0.4, 0.5) is 14.5 Å². The minimum Gasteiger partial charge on any atom is -0.390 e. The molecule has 0 spiro atoms. The van der Waals surface area contributed by atoms with E-state index in [0.717, 1.165) is 19.2 Å². The Morgan fingerprint density at radius 1 is 1.32 bits per heavy atom. The number of halogens is 3. The number of likely N-dealkylation sites (N-methyl/N-ethyl adjacent to an activating group) is 1. The molecule has 0 bridgehead atoms. The molecule has 0 fully saturated rings. The summed E-state index contributed by atoms with van der Waals surface area (Å²) in [6.45, 7) is 6.45. The molecule has 0 saturated carbocycles. The van der Waals surface area contributed by atoms with Crippen LogP contribution in [0.2, 0.25) is 0 Å². The molecule has 0 aliphatic carbocycles. The van der Waals surface area contributed by atoms with Crippen LogP contribution in [0.15, 0.2) is 16.6 Å². The maximum Gasteiger partial charge on any atom is 0.150 e.